The van der Waals surface area contributed by atoms with E-state index >= 15 is 0 Å². The molecule has 0 aliphatic rings. The lowest BCUT2D eigenvalue weighted by Gasteiger charge is -2.19. The number of esters is 1. The van der Waals surface area contributed by atoms with Crippen molar-refractivity contribution in [2.75, 3.05) is 0 Å². The van der Waals surface area contributed by atoms with Crippen LogP contribution in [0.5, 0.6) is 11.5 Å². The number of carbonyl (C=O) groups is 1. The average molecular weight is 395 g/mol. The Hall–Kier alpha value is -2.55. The first-order valence-electron chi connectivity index (χ1n) is 10.6. The lowest BCUT2D eigenvalue weighted by molar-refractivity contribution is -0.129. The van der Waals surface area contributed by atoms with Gasteiger partial charge in [-0.1, -0.05) is 69.2 Å². The molecule has 0 heterocycles. The van der Waals surface area contributed by atoms with Gasteiger partial charge in [0.25, 0.3) is 0 Å². The van der Waals surface area contributed by atoms with Crippen LogP contribution in [0.1, 0.15) is 79.3 Å². The maximum absolute atomic E-state index is 12.0. The number of ether oxygens (including phenoxy) is 1. The molecule has 1 N–H and O–H groups in total. The van der Waals surface area contributed by atoms with Gasteiger partial charge in [0.15, 0.2) is 0 Å². The highest BCUT2D eigenvalue weighted by molar-refractivity contribution is 5.84. The first-order valence-corrected chi connectivity index (χ1v) is 10.6. The van der Waals surface area contributed by atoms with E-state index in [1.807, 2.05) is 12.1 Å². The van der Waals surface area contributed by atoms with Crippen molar-refractivity contribution in [1.82, 2.24) is 0 Å². The van der Waals surface area contributed by atoms with E-state index in [1.54, 1.807) is 0 Å². The molecule has 0 aliphatic carbocycles. The predicted molar refractivity (Wildman–Crippen MR) is 120 cm³/mol. The van der Waals surface area contributed by atoms with E-state index < -0.39 is 5.97 Å². The van der Waals surface area contributed by atoms with Crippen molar-refractivity contribution in [3.8, 4) is 11.5 Å². The number of aryl methyl sites for hydroxylation is 3. The van der Waals surface area contributed by atoms with E-state index in [-0.39, 0.29) is 5.92 Å². The molecule has 3 heteroatoms. The van der Waals surface area contributed by atoms with Crippen LogP contribution in [-0.4, -0.2) is 11.1 Å². The Kier molecular flexibility index (Phi) is 8.07. The molecule has 0 bridgehead atoms. The lowest BCUT2D eigenvalue weighted by Crippen LogP contribution is -2.09. The van der Waals surface area contributed by atoms with Crippen molar-refractivity contribution in [3.05, 3.63) is 70.3 Å². The smallest absolute Gasteiger partial charge is 0.335 e. The molecule has 1 atom stereocenters. The number of unbranched alkanes of at least 4 members (excludes halogenated alkanes) is 1. The zero-order chi connectivity index (χ0) is 21.6. The van der Waals surface area contributed by atoms with Gasteiger partial charge < -0.3 is 9.84 Å². The summed E-state index contributed by atoms with van der Waals surface area (Å²) < 4.78 is 5.68. The number of benzene rings is 2. The number of carbonyl (C=O) groups excluding carboxylic acids is 1. The first-order chi connectivity index (χ1) is 13.8. The summed E-state index contributed by atoms with van der Waals surface area (Å²) in [5.74, 6) is 0.786. The van der Waals surface area contributed by atoms with Crippen molar-refractivity contribution >= 4 is 5.97 Å². The largest absolute Gasteiger partial charge is 0.507 e. The Balaban J connectivity index is 2.56. The van der Waals surface area contributed by atoms with Crippen LogP contribution >= 0.6 is 0 Å². The SMILES string of the molecule is C=CC(=O)Oc1c(CCCC)cc(C)cc1Cc1cc(C)cc(C(C)CC)c1O. The van der Waals surface area contributed by atoms with Gasteiger partial charge in [-0.15, -0.1) is 0 Å². The van der Waals surface area contributed by atoms with Gasteiger partial charge in [0.05, 0.1) is 0 Å². The fourth-order valence-corrected chi connectivity index (χ4v) is 3.71. The summed E-state index contributed by atoms with van der Waals surface area (Å²) in [5.41, 5.74) is 6.04. The molecule has 0 aliphatic heterocycles. The Bertz CT molecular complexity index is 880. The predicted octanol–water partition coefficient (Wildman–Crippen LogP) is 6.55. The van der Waals surface area contributed by atoms with Crippen LogP contribution in [0.3, 0.4) is 0 Å². The van der Waals surface area contributed by atoms with E-state index in [0.717, 1.165) is 59.1 Å². The molecule has 2 aromatic rings. The summed E-state index contributed by atoms with van der Waals surface area (Å²) in [4.78, 5) is 12.0. The number of aromatic hydroxyl groups is 1. The molecule has 0 spiro atoms. The van der Waals surface area contributed by atoms with Crippen molar-refractivity contribution in [1.29, 1.82) is 0 Å². The number of hydrogen-bond donors (Lipinski definition) is 1. The lowest BCUT2D eigenvalue weighted by atomic mass is 9.90. The van der Waals surface area contributed by atoms with Gasteiger partial charge in [0.1, 0.15) is 11.5 Å². The molecule has 2 rings (SSSR count). The van der Waals surface area contributed by atoms with Crippen LogP contribution in [0.4, 0.5) is 0 Å². The molecule has 1 unspecified atom stereocenters. The number of hydrogen-bond acceptors (Lipinski definition) is 3. The van der Waals surface area contributed by atoms with E-state index in [1.165, 1.54) is 6.08 Å². The highest BCUT2D eigenvalue weighted by Gasteiger charge is 2.18. The van der Waals surface area contributed by atoms with Gasteiger partial charge in [-0.3, -0.25) is 0 Å². The number of rotatable bonds is 9. The highest BCUT2D eigenvalue weighted by Crippen LogP contribution is 2.36. The van der Waals surface area contributed by atoms with Crippen LogP contribution in [0, 0.1) is 13.8 Å². The van der Waals surface area contributed by atoms with Gasteiger partial charge in [0, 0.05) is 12.5 Å². The topological polar surface area (TPSA) is 46.5 Å². The zero-order valence-electron chi connectivity index (χ0n) is 18.5. The van der Waals surface area contributed by atoms with Gasteiger partial charge >= 0.3 is 5.97 Å². The summed E-state index contributed by atoms with van der Waals surface area (Å²) in [5, 5.41) is 11.0. The number of phenols is 1. The normalized spacial score (nSPS) is 11.9. The molecular weight excluding hydrogens is 360 g/mol. The third-order valence-electron chi connectivity index (χ3n) is 5.44. The van der Waals surface area contributed by atoms with Crippen molar-refractivity contribution in [3.63, 3.8) is 0 Å². The Morgan fingerprint density at radius 1 is 1.10 bits per heavy atom. The molecule has 0 saturated heterocycles. The third kappa shape index (κ3) is 5.72. The summed E-state index contributed by atoms with van der Waals surface area (Å²) in [6, 6.07) is 8.22. The molecular formula is C26H34O3. The minimum atomic E-state index is -0.457. The summed E-state index contributed by atoms with van der Waals surface area (Å²) >= 11 is 0. The van der Waals surface area contributed by atoms with Crippen molar-refractivity contribution in [2.45, 2.75) is 72.6 Å². The first kappa shape index (κ1) is 22.7. The Labute approximate surface area is 175 Å². The summed E-state index contributed by atoms with van der Waals surface area (Å²) in [6.45, 7) is 14.0. The monoisotopic (exact) mass is 394 g/mol. The second kappa shape index (κ2) is 10.3. The van der Waals surface area contributed by atoms with E-state index in [0.29, 0.717) is 17.9 Å². The molecule has 0 radical (unpaired) electrons. The minimum Gasteiger partial charge on any atom is -0.507 e. The maximum atomic E-state index is 12.0. The van der Waals surface area contributed by atoms with Gasteiger partial charge in [-0.2, -0.15) is 0 Å². The molecule has 2 aromatic carbocycles. The molecule has 156 valence electrons. The molecule has 0 amide bonds. The van der Waals surface area contributed by atoms with Crippen LogP contribution in [-0.2, 0) is 17.6 Å². The van der Waals surface area contributed by atoms with Crippen LogP contribution in [0.25, 0.3) is 0 Å². The maximum Gasteiger partial charge on any atom is 0.335 e. The third-order valence-corrected chi connectivity index (χ3v) is 5.44. The van der Waals surface area contributed by atoms with Crippen molar-refractivity contribution < 1.29 is 14.6 Å². The van der Waals surface area contributed by atoms with Crippen molar-refractivity contribution in [2.24, 2.45) is 0 Å². The van der Waals surface area contributed by atoms with Gasteiger partial charge in [-0.05, 0) is 61.3 Å². The molecule has 3 nitrogen and oxygen atoms in total. The van der Waals surface area contributed by atoms with Crippen LogP contribution in [0.15, 0.2) is 36.9 Å². The Morgan fingerprint density at radius 3 is 2.34 bits per heavy atom. The van der Waals surface area contributed by atoms with Crippen LogP contribution < -0.4 is 4.74 Å². The Morgan fingerprint density at radius 2 is 1.72 bits per heavy atom. The second-order valence-corrected chi connectivity index (χ2v) is 7.99. The van der Waals surface area contributed by atoms with Gasteiger partial charge in [0.2, 0.25) is 0 Å². The van der Waals surface area contributed by atoms with Crippen LogP contribution in [0.2, 0.25) is 0 Å². The summed E-state index contributed by atoms with van der Waals surface area (Å²) in [6.07, 6.45) is 5.60. The highest BCUT2D eigenvalue weighted by atomic mass is 16.5. The van der Waals surface area contributed by atoms with E-state index in [4.69, 9.17) is 4.74 Å². The van der Waals surface area contributed by atoms with E-state index in [9.17, 15) is 9.90 Å². The standard InChI is InChI=1S/C26H34O3/c1-7-10-11-20-12-17(4)14-22(26(20)29-24(27)9-3)16-21-13-18(5)15-23(25(21)28)19(6)8-2/h9,12-15,19,28H,3,7-8,10-11,16H2,1-2,4-6H3. The minimum absolute atomic E-state index is 0.282. The van der Waals surface area contributed by atoms with Gasteiger partial charge in [-0.25, -0.2) is 4.79 Å². The average Bonchev–Trinajstić information content (AvgIpc) is 2.69. The van der Waals surface area contributed by atoms with E-state index in [2.05, 4.69) is 53.3 Å². The molecule has 0 aromatic heterocycles. The fraction of sp³-hybridized carbons (Fsp3) is 0.423. The summed E-state index contributed by atoms with van der Waals surface area (Å²) in [7, 11) is 0. The zero-order valence-corrected chi connectivity index (χ0v) is 18.5. The molecule has 29 heavy (non-hydrogen) atoms. The molecule has 0 fully saturated rings. The molecule has 0 saturated carbocycles. The second-order valence-electron chi connectivity index (χ2n) is 7.99. The number of phenolic OH excluding ortho intramolecular Hbond substituents is 1. The quantitative estimate of drug-likeness (QED) is 0.298. The fourth-order valence-electron chi connectivity index (χ4n) is 3.71.